The van der Waals surface area contributed by atoms with Gasteiger partial charge in [0.2, 0.25) is 17.2 Å². The largest absolute Gasteiger partial charge is 0.504 e. The highest BCUT2D eigenvalue weighted by Gasteiger charge is 2.63. The summed E-state index contributed by atoms with van der Waals surface area (Å²) in [5.74, 6) is -3.12. The Kier molecular flexibility index (Phi) is 6.70. The summed E-state index contributed by atoms with van der Waals surface area (Å²) in [4.78, 5) is 41.9. The van der Waals surface area contributed by atoms with Crippen LogP contribution in [0.2, 0.25) is 5.02 Å². The van der Waals surface area contributed by atoms with Gasteiger partial charge in [0.15, 0.2) is 17.2 Å². The fraction of sp³-hybridized carbons (Fsp3) is 0.345. The van der Waals surface area contributed by atoms with E-state index in [0.29, 0.717) is 17.0 Å². The number of ether oxygens (including phenoxy) is 5. The number of halogens is 1. The summed E-state index contributed by atoms with van der Waals surface area (Å²) >= 11 is 6.56. The summed E-state index contributed by atoms with van der Waals surface area (Å²) in [6, 6.07) is 6.07. The monoisotopic (exact) mass is 569 g/mol. The number of dihydropyridines is 1. The maximum absolute atomic E-state index is 14.7. The quantitative estimate of drug-likeness (QED) is 0.401. The zero-order valence-electron chi connectivity index (χ0n) is 22.8. The molecule has 0 saturated heterocycles. The summed E-state index contributed by atoms with van der Waals surface area (Å²) in [7, 11) is 5.45. The number of phenols is 1. The van der Waals surface area contributed by atoms with E-state index in [1.807, 2.05) is 0 Å². The maximum atomic E-state index is 14.7. The molecule has 0 bridgehead atoms. The number of carbonyl (C=O) groups is 3. The first-order chi connectivity index (χ1) is 19.0. The fourth-order valence-electron chi connectivity index (χ4n) is 5.88. The van der Waals surface area contributed by atoms with Crippen LogP contribution in [0.4, 0.5) is 0 Å². The molecule has 2 N–H and O–H groups in total. The minimum atomic E-state index is -1.98. The summed E-state index contributed by atoms with van der Waals surface area (Å²) in [5, 5.41) is 13.8. The molecule has 0 fully saturated rings. The van der Waals surface area contributed by atoms with Gasteiger partial charge in [-0.2, -0.15) is 0 Å². The third-order valence-electron chi connectivity index (χ3n) is 7.79. The summed E-state index contributed by atoms with van der Waals surface area (Å²) in [5.41, 5.74) is -0.188. The van der Waals surface area contributed by atoms with Gasteiger partial charge in [0, 0.05) is 34.9 Å². The molecule has 0 aromatic heterocycles. The predicted octanol–water partition coefficient (Wildman–Crippen LogP) is 4.08. The molecule has 2 heterocycles. The molecule has 3 aliphatic rings. The van der Waals surface area contributed by atoms with Crippen LogP contribution in [0.1, 0.15) is 42.1 Å². The van der Waals surface area contributed by atoms with Gasteiger partial charge in [-0.25, -0.2) is 4.79 Å². The third-order valence-corrected chi connectivity index (χ3v) is 8.15. The lowest BCUT2D eigenvalue weighted by atomic mass is 9.65. The number of ketones is 2. The first-order valence-electron chi connectivity index (χ1n) is 12.4. The van der Waals surface area contributed by atoms with Gasteiger partial charge in [0.05, 0.1) is 34.0 Å². The Morgan fingerprint density at radius 1 is 1.05 bits per heavy atom. The van der Waals surface area contributed by atoms with Crippen molar-refractivity contribution in [3.05, 3.63) is 63.0 Å². The molecule has 5 rings (SSSR count). The second kappa shape index (κ2) is 9.78. The first kappa shape index (κ1) is 27.4. The van der Waals surface area contributed by atoms with Gasteiger partial charge in [-0.3, -0.25) is 9.59 Å². The van der Waals surface area contributed by atoms with E-state index in [1.165, 1.54) is 46.6 Å². The number of nitrogens with one attached hydrogen (secondary N) is 1. The first-order valence-corrected chi connectivity index (χ1v) is 12.8. The highest BCUT2D eigenvalue weighted by Crippen LogP contribution is 2.56. The van der Waals surface area contributed by atoms with Crippen LogP contribution in [0.5, 0.6) is 28.7 Å². The van der Waals surface area contributed by atoms with Crippen molar-refractivity contribution in [1.29, 1.82) is 0 Å². The topological polar surface area (TPSA) is 130 Å². The Hall–Kier alpha value is -4.18. The third kappa shape index (κ3) is 3.66. The van der Waals surface area contributed by atoms with Crippen molar-refractivity contribution in [1.82, 2.24) is 5.32 Å². The van der Waals surface area contributed by atoms with E-state index >= 15 is 0 Å². The number of fused-ring (bicyclic) bond motifs is 1. The van der Waals surface area contributed by atoms with Gasteiger partial charge in [-0.15, -0.1) is 0 Å². The summed E-state index contributed by atoms with van der Waals surface area (Å²) < 4.78 is 27.3. The summed E-state index contributed by atoms with van der Waals surface area (Å²) in [6.07, 6.45) is 0.238. The van der Waals surface area contributed by atoms with Crippen molar-refractivity contribution in [2.45, 2.75) is 31.8 Å². The van der Waals surface area contributed by atoms with Gasteiger partial charge in [0.25, 0.3) is 0 Å². The van der Waals surface area contributed by atoms with Crippen LogP contribution in [-0.2, 0) is 14.3 Å². The van der Waals surface area contributed by atoms with Crippen LogP contribution < -0.4 is 24.3 Å². The molecule has 0 amide bonds. The Balaban J connectivity index is 1.72. The van der Waals surface area contributed by atoms with Crippen LogP contribution in [0.15, 0.2) is 46.8 Å². The van der Waals surface area contributed by atoms with Crippen molar-refractivity contribution in [3.8, 4) is 28.7 Å². The minimum absolute atomic E-state index is 0.00515. The van der Waals surface area contributed by atoms with Gasteiger partial charge >= 0.3 is 5.97 Å². The molecule has 1 spiro atoms. The number of benzene rings is 2. The van der Waals surface area contributed by atoms with Crippen LogP contribution in [0, 0.1) is 5.92 Å². The Bertz CT molecular complexity index is 1540. The van der Waals surface area contributed by atoms with Crippen molar-refractivity contribution in [2.24, 2.45) is 5.92 Å². The van der Waals surface area contributed by atoms with E-state index in [2.05, 4.69) is 5.32 Å². The van der Waals surface area contributed by atoms with Gasteiger partial charge < -0.3 is 34.1 Å². The van der Waals surface area contributed by atoms with Crippen LogP contribution in [0.3, 0.4) is 0 Å². The average Bonchev–Trinajstić information content (AvgIpc) is 3.25. The van der Waals surface area contributed by atoms with Crippen molar-refractivity contribution < 1.29 is 43.2 Å². The Morgan fingerprint density at radius 3 is 2.33 bits per heavy atom. The standard InChI is InChI=1S/C29H28ClNO9/c1-12-9-15-22(21(20(13(2)31-15)28(35)39-6)14-7-8-17(36-3)16(32)10-14)26(33)29(12)27(34)23-18(37-4)11-19(38-5)24(30)25(23)40-29/h7-8,10-12,21,31-32H,9H2,1-6H3/t12-,21?,29+/m1/s1. The van der Waals surface area contributed by atoms with Crippen molar-refractivity contribution >= 4 is 29.1 Å². The predicted molar refractivity (Wildman–Crippen MR) is 143 cm³/mol. The van der Waals surface area contributed by atoms with Gasteiger partial charge in [-0.1, -0.05) is 24.6 Å². The number of rotatable bonds is 5. The molecular formula is C29H28ClNO9. The van der Waals surface area contributed by atoms with E-state index < -0.39 is 35.0 Å². The van der Waals surface area contributed by atoms with Crippen LogP contribution in [0.25, 0.3) is 0 Å². The molecule has 210 valence electrons. The molecule has 1 aliphatic carbocycles. The van der Waals surface area contributed by atoms with Gasteiger partial charge in [0.1, 0.15) is 22.1 Å². The van der Waals surface area contributed by atoms with E-state index in [-0.39, 0.29) is 56.9 Å². The van der Waals surface area contributed by atoms with Crippen LogP contribution >= 0.6 is 11.6 Å². The van der Waals surface area contributed by atoms with E-state index in [0.717, 1.165) is 0 Å². The molecule has 2 aliphatic heterocycles. The van der Waals surface area contributed by atoms with E-state index in [4.69, 9.17) is 35.3 Å². The molecule has 11 heteroatoms. The molecule has 0 saturated carbocycles. The molecule has 3 atom stereocenters. The molecule has 1 unspecified atom stereocenters. The number of allylic oxidation sites excluding steroid dienone is 2. The highest BCUT2D eigenvalue weighted by molar-refractivity contribution is 6.36. The number of carbonyl (C=O) groups excluding carboxylic acids is 3. The molecular weight excluding hydrogens is 542 g/mol. The van der Waals surface area contributed by atoms with Crippen molar-refractivity contribution in [3.63, 3.8) is 0 Å². The number of phenolic OH excluding ortho intramolecular Hbond substituents is 1. The normalized spacial score (nSPS) is 23.4. The summed E-state index contributed by atoms with van der Waals surface area (Å²) in [6.45, 7) is 3.45. The molecule has 2 aromatic carbocycles. The lowest BCUT2D eigenvalue weighted by molar-refractivity contribution is -0.136. The Labute approximate surface area is 235 Å². The lowest BCUT2D eigenvalue weighted by Crippen LogP contribution is -2.58. The van der Waals surface area contributed by atoms with E-state index in [9.17, 15) is 19.5 Å². The smallest absolute Gasteiger partial charge is 0.336 e. The minimum Gasteiger partial charge on any atom is -0.504 e. The molecule has 2 aromatic rings. The Morgan fingerprint density at radius 2 is 1.73 bits per heavy atom. The molecule has 0 radical (unpaired) electrons. The molecule has 10 nitrogen and oxygen atoms in total. The van der Waals surface area contributed by atoms with Crippen molar-refractivity contribution in [2.75, 3.05) is 28.4 Å². The second-order valence-electron chi connectivity index (χ2n) is 9.81. The number of methoxy groups -OCH3 is 4. The fourth-order valence-corrected chi connectivity index (χ4v) is 6.14. The zero-order chi connectivity index (χ0) is 29.1. The number of aromatic hydroxyl groups is 1. The number of hydrogen-bond donors (Lipinski definition) is 2. The SMILES string of the molecule is COC(=O)C1=C(C)NC2=C(C(=O)[C@@]3(Oc4c(Cl)c(OC)cc(OC)c4C3=O)[C@H](C)C2)C1c1ccc(OC)c(O)c1. The van der Waals surface area contributed by atoms with E-state index in [1.54, 1.807) is 19.9 Å². The maximum Gasteiger partial charge on any atom is 0.336 e. The zero-order valence-corrected chi connectivity index (χ0v) is 23.5. The average molecular weight is 570 g/mol. The highest BCUT2D eigenvalue weighted by atomic mass is 35.5. The number of Topliss-reactive ketones (excluding diaryl/α,β-unsaturated/α-hetero) is 2. The van der Waals surface area contributed by atoms with Gasteiger partial charge in [-0.05, 0) is 31.0 Å². The molecule has 40 heavy (non-hydrogen) atoms. The lowest BCUT2D eigenvalue weighted by Gasteiger charge is -2.42. The number of hydrogen-bond acceptors (Lipinski definition) is 10. The second-order valence-corrected chi connectivity index (χ2v) is 10.2. The number of esters is 1. The van der Waals surface area contributed by atoms with Crippen LogP contribution in [-0.4, -0.2) is 56.7 Å².